The maximum Gasteiger partial charge on any atom is 0.491 e. The van der Waals surface area contributed by atoms with Crippen molar-refractivity contribution in [3.05, 3.63) is 52.9 Å². The largest absolute Gasteiger partial charge is 0.491 e. The maximum atomic E-state index is 13.5. The molecule has 0 saturated carbocycles. The van der Waals surface area contributed by atoms with E-state index < -0.39 is 18.8 Å². The van der Waals surface area contributed by atoms with Crippen molar-refractivity contribution in [3.8, 4) is 0 Å². The van der Waals surface area contributed by atoms with Gasteiger partial charge in [-0.05, 0) is 24.3 Å². The molecule has 1 aromatic heterocycles. The number of nitrogens with zero attached hydrogens (tertiary/aromatic N) is 1. The number of rotatable bonds is 3. The number of anilines is 1. The van der Waals surface area contributed by atoms with E-state index in [1.165, 1.54) is 18.3 Å². The molecule has 1 aromatic carbocycles. The number of carbonyl (C=O) groups excluding carboxylic acids is 1. The zero-order valence-corrected chi connectivity index (χ0v) is 10.8. The molecule has 0 bridgehead atoms. The number of hydrogen-bond donors (Lipinski definition) is 3. The lowest BCUT2D eigenvalue weighted by molar-refractivity contribution is 0.102. The van der Waals surface area contributed by atoms with Gasteiger partial charge in [-0.3, -0.25) is 4.79 Å². The number of benzene rings is 1. The summed E-state index contributed by atoms with van der Waals surface area (Å²) in [7, 11) is -1.93. The molecule has 2 aromatic rings. The molecule has 0 aliphatic rings. The fraction of sp³-hybridized carbons (Fsp3) is 0. The van der Waals surface area contributed by atoms with Crippen molar-refractivity contribution >= 4 is 35.9 Å². The smallest absolute Gasteiger partial charge is 0.423 e. The summed E-state index contributed by atoms with van der Waals surface area (Å²) in [6, 6.07) is 6.38. The Morgan fingerprint density at radius 2 is 2.05 bits per heavy atom. The summed E-state index contributed by atoms with van der Waals surface area (Å²) in [5, 5.41) is 20.7. The molecule has 1 amide bonds. The van der Waals surface area contributed by atoms with Gasteiger partial charge < -0.3 is 15.4 Å². The van der Waals surface area contributed by atoms with Crippen LogP contribution in [0.5, 0.6) is 0 Å². The minimum absolute atomic E-state index is 0.0312. The lowest BCUT2D eigenvalue weighted by Gasteiger charge is -2.06. The minimum atomic E-state index is -1.93. The number of hydrogen-bond acceptors (Lipinski definition) is 4. The first-order valence-electron chi connectivity index (χ1n) is 5.56. The van der Waals surface area contributed by atoms with Gasteiger partial charge in [-0.25, -0.2) is 9.37 Å². The quantitative estimate of drug-likeness (QED) is 0.732. The molecule has 0 aliphatic heterocycles. The molecule has 0 atom stereocenters. The average Bonchev–Trinajstić information content (AvgIpc) is 2.40. The molecule has 0 aliphatic carbocycles. The molecule has 2 rings (SSSR count). The highest BCUT2D eigenvalue weighted by Crippen LogP contribution is 2.11. The summed E-state index contributed by atoms with van der Waals surface area (Å²) in [4.78, 5) is 15.7. The van der Waals surface area contributed by atoms with E-state index in [9.17, 15) is 9.18 Å². The number of nitrogens with one attached hydrogen (secondary N) is 1. The molecular formula is C12H9BClFN2O3. The molecule has 0 unspecified atom stereocenters. The molecule has 102 valence electrons. The van der Waals surface area contributed by atoms with Crippen LogP contribution in [-0.2, 0) is 0 Å². The van der Waals surface area contributed by atoms with Crippen LogP contribution >= 0.6 is 11.6 Å². The molecule has 20 heavy (non-hydrogen) atoms. The zero-order valence-electron chi connectivity index (χ0n) is 10.0. The van der Waals surface area contributed by atoms with Gasteiger partial charge in [-0.2, -0.15) is 0 Å². The predicted octanol–water partition coefficient (Wildman–Crippen LogP) is 0.806. The molecule has 8 heteroatoms. The topological polar surface area (TPSA) is 82.5 Å². The fourth-order valence-electron chi connectivity index (χ4n) is 1.52. The van der Waals surface area contributed by atoms with Gasteiger partial charge in [0, 0.05) is 17.2 Å². The van der Waals surface area contributed by atoms with Gasteiger partial charge >= 0.3 is 7.12 Å². The highest BCUT2D eigenvalue weighted by Gasteiger charge is 2.18. The lowest BCUT2D eigenvalue weighted by atomic mass is 9.79. The van der Waals surface area contributed by atoms with Crippen molar-refractivity contribution < 1.29 is 19.2 Å². The monoisotopic (exact) mass is 294 g/mol. The second-order valence-electron chi connectivity index (χ2n) is 3.93. The fourth-order valence-corrected chi connectivity index (χ4v) is 1.63. The third-order valence-corrected chi connectivity index (χ3v) is 2.73. The van der Waals surface area contributed by atoms with Gasteiger partial charge in [-0.15, -0.1) is 0 Å². The van der Waals surface area contributed by atoms with Gasteiger partial charge in [0.15, 0.2) is 0 Å². The maximum absolute atomic E-state index is 13.5. The minimum Gasteiger partial charge on any atom is -0.423 e. The van der Waals surface area contributed by atoms with Crippen molar-refractivity contribution in [1.82, 2.24) is 4.98 Å². The van der Waals surface area contributed by atoms with E-state index in [1.807, 2.05) is 0 Å². The Hall–Kier alpha value is -1.96. The van der Waals surface area contributed by atoms with Gasteiger partial charge in [0.05, 0.1) is 5.02 Å². The second-order valence-corrected chi connectivity index (χ2v) is 4.36. The summed E-state index contributed by atoms with van der Waals surface area (Å²) in [5.74, 6) is -1.18. The van der Waals surface area contributed by atoms with Crippen molar-refractivity contribution in [2.24, 2.45) is 0 Å². The van der Waals surface area contributed by atoms with Crippen LogP contribution in [0, 0.1) is 5.82 Å². The highest BCUT2D eigenvalue weighted by molar-refractivity contribution is 6.58. The van der Waals surface area contributed by atoms with Crippen LogP contribution in [0.4, 0.5) is 10.2 Å². The molecule has 5 nitrogen and oxygen atoms in total. The zero-order chi connectivity index (χ0) is 14.7. The Morgan fingerprint density at radius 3 is 2.60 bits per heavy atom. The normalized spacial score (nSPS) is 10.2. The first kappa shape index (κ1) is 14.5. The molecule has 1 heterocycles. The standard InChI is InChI=1S/C12H9BClFN2O3/c14-8-2-4-11(16-6-8)17-12(18)7-1-3-9(13(19)20)10(15)5-7/h1-6,19-20H,(H,16,17,18). The number of halogens is 2. The third-order valence-electron chi connectivity index (χ3n) is 2.51. The van der Waals surface area contributed by atoms with Gasteiger partial charge in [0.25, 0.3) is 5.91 Å². The van der Waals surface area contributed by atoms with E-state index in [-0.39, 0.29) is 16.8 Å². The Balaban J connectivity index is 2.17. The summed E-state index contributed by atoms with van der Waals surface area (Å²) < 4.78 is 13.5. The summed E-state index contributed by atoms with van der Waals surface area (Å²) in [6.45, 7) is 0. The van der Waals surface area contributed by atoms with Crippen LogP contribution in [-0.4, -0.2) is 28.1 Å². The molecule has 3 N–H and O–H groups in total. The summed E-state index contributed by atoms with van der Waals surface area (Å²) in [5.41, 5.74) is -0.269. The Morgan fingerprint density at radius 1 is 1.30 bits per heavy atom. The van der Waals surface area contributed by atoms with Crippen molar-refractivity contribution in [1.29, 1.82) is 0 Å². The van der Waals surface area contributed by atoms with Crippen LogP contribution in [0.3, 0.4) is 0 Å². The van der Waals surface area contributed by atoms with Crippen LogP contribution in [0.15, 0.2) is 36.5 Å². The van der Waals surface area contributed by atoms with E-state index in [2.05, 4.69) is 10.3 Å². The molecule has 0 saturated heterocycles. The van der Waals surface area contributed by atoms with Crippen molar-refractivity contribution in [3.63, 3.8) is 0 Å². The van der Waals surface area contributed by atoms with Gasteiger partial charge in [0.2, 0.25) is 0 Å². The highest BCUT2D eigenvalue weighted by atomic mass is 35.5. The molecule has 0 fully saturated rings. The van der Waals surface area contributed by atoms with Crippen LogP contribution in [0.2, 0.25) is 5.02 Å². The lowest BCUT2D eigenvalue weighted by Crippen LogP contribution is -2.33. The second kappa shape index (κ2) is 6.00. The van der Waals surface area contributed by atoms with Gasteiger partial charge in [0.1, 0.15) is 11.6 Å². The van der Waals surface area contributed by atoms with E-state index in [0.717, 1.165) is 12.1 Å². The third kappa shape index (κ3) is 3.33. The van der Waals surface area contributed by atoms with Crippen LogP contribution in [0.1, 0.15) is 10.4 Å². The molecular weight excluding hydrogens is 285 g/mol. The number of amides is 1. The average molecular weight is 294 g/mol. The molecule has 0 spiro atoms. The Labute approximate surface area is 119 Å². The van der Waals surface area contributed by atoms with Crippen molar-refractivity contribution in [2.75, 3.05) is 5.32 Å². The first-order valence-corrected chi connectivity index (χ1v) is 5.93. The number of aromatic nitrogens is 1. The first-order chi connectivity index (χ1) is 9.47. The van der Waals surface area contributed by atoms with E-state index in [4.69, 9.17) is 21.6 Å². The van der Waals surface area contributed by atoms with Crippen molar-refractivity contribution in [2.45, 2.75) is 0 Å². The van der Waals surface area contributed by atoms with Gasteiger partial charge in [-0.1, -0.05) is 17.7 Å². The van der Waals surface area contributed by atoms with E-state index in [1.54, 1.807) is 6.07 Å². The molecule has 0 radical (unpaired) electrons. The summed E-state index contributed by atoms with van der Waals surface area (Å²) in [6.07, 6.45) is 1.36. The Kier molecular flexibility index (Phi) is 4.34. The van der Waals surface area contributed by atoms with E-state index in [0.29, 0.717) is 5.02 Å². The van der Waals surface area contributed by atoms with E-state index >= 15 is 0 Å². The number of carbonyl (C=O) groups is 1. The van der Waals surface area contributed by atoms with Crippen LogP contribution < -0.4 is 10.8 Å². The Bertz CT molecular complexity index is 637. The summed E-state index contributed by atoms with van der Waals surface area (Å²) >= 11 is 5.66. The SMILES string of the molecule is O=C(Nc1ccc(Cl)cn1)c1ccc(B(O)O)c(F)c1. The predicted molar refractivity (Wildman–Crippen MR) is 73.4 cm³/mol. The van der Waals surface area contributed by atoms with Crippen LogP contribution in [0.25, 0.3) is 0 Å². The number of pyridine rings is 1.